The van der Waals surface area contributed by atoms with Gasteiger partial charge in [-0.2, -0.15) is 0 Å². The van der Waals surface area contributed by atoms with Crippen LogP contribution in [0.3, 0.4) is 0 Å². The highest BCUT2D eigenvalue weighted by Crippen LogP contribution is 2.62. The Balaban J connectivity index is 2.06. The number of hydrogen-bond donors (Lipinski definition) is 0. The minimum atomic E-state index is -0.345. The van der Waals surface area contributed by atoms with Gasteiger partial charge in [-0.1, -0.05) is 87.9 Å². The highest BCUT2D eigenvalue weighted by molar-refractivity contribution is 5.49. The van der Waals surface area contributed by atoms with Crippen molar-refractivity contribution >= 4 is 6.08 Å². The summed E-state index contributed by atoms with van der Waals surface area (Å²) in [6, 6.07) is 19.6. The zero-order valence-electron chi connectivity index (χ0n) is 28.1. The predicted octanol–water partition coefficient (Wildman–Crippen LogP) is 10.8. The number of piperidine rings is 1. The Kier molecular flexibility index (Phi) is 8.71. The lowest BCUT2D eigenvalue weighted by molar-refractivity contribution is -0.216. The Morgan fingerprint density at radius 2 is 1.35 bits per heavy atom. The molecule has 1 saturated heterocycles. The van der Waals surface area contributed by atoms with E-state index in [1.54, 1.807) is 0 Å². The maximum Gasteiger partial charge on any atom is 0.124 e. The lowest BCUT2D eigenvalue weighted by Gasteiger charge is -2.71. The van der Waals surface area contributed by atoms with Crippen LogP contribution in [-0.2, 0) is 5.54 Å². The van der Waals surface area contributed by atoms with Crippen molar-refractivity contribution in [3.05, 3.63) is 82.9 Å². The van der Waals surface area contributed by atoms with Gasteiger partial charge >= 0.3 is 0 Å². The van der Waals surface area contributed by atoms with Gasteiger partial charge in [0.25, 0.3) is 0 Å². The molecule has 2 aromatic carbocycles. The van der Waals surface area contributed by atoms with Crippen LogP contribution < -0.4 is 4.74 Å². The maximum atomic E-state index is 6.50. The first-order chi connectivity index (χ1) is 18.2. The molecule has 3 rings (SSSR count). The standard InChI is InChI=1S/C38H57NO/c1-28(2)29(3)36(10,11)40-32-24-22-31(23-25-32)35(8,9)39-37(12,13)33(4,5)27-34(6,7)38(39,14)26-18-21-30-19-16-15-17-20-30/h15-25H,26-27H2,1-14H3/b21-18+. The van der Waals surface area contributed by atoms with Crippen molar-refractivity contribution in [2.24, 2.45) is 10.8 Å². The SMILES string of the molecule is CC(C)=C(C)C(C)(C)Oc1ccc(C(C)(C)N2C(C)(C)C(C)(C)CC(C)(C)C2(C)C/C=C/c2ccccc2)cc1. The van der Waals surface area contributed by atoms with Crippen molar-refractivity contribution in [2.45, 2.75) is 132 Å². The van der Waals surface area contributed by atoms with E-state index in [9.17, 15) is 0 Å². The number of likely N-dealkylation sites (tertiary alicyclic amines) is 1. The van der Waals surface area contributed by atoms with E-state index in [-0.39, 0.29) is 33.0 Å². The van der Waals surface area contributed by atoms with Crippen LogP contribution in [0, 0.1) is 10.8 Å². The molecule has 1 atom stereocenters. The first kappa shape index (κ1) is 32.2. The molecule has 0 radical (unpaired) electrons. The summed E-state index contributed by atoms with van der Waals surface area (Å²) in [4.78, 5) is 2.86. The normalized spacial score (nSPS) is 22.8. The van der Waals surface area contributed by atoms with E-state index in [4.69, 9.17) is 4.74 Å². The summed E-state index contributed by atoms with van der Waals surface area (Å²) >= 11 is 0. The molecule has 2 aromatic rings. The van der Waals surface area contributed by atoms with Gasteiger partial charge in [0.05, 0.1) is 0 Å². The van der Waals surface area contributed by atoms with Crippen molar-refractivity contribution in [3.8, 4) is 5.75 Å². The number of ether oxygens (including phenoxy) is 1. The minimum Gasteiger partial charge on any atom is -0.484 e. The summed E-state index contributed by atoms with van der Waals surface area (Å²) in [6.45, 7) is 32.9. The molecule has 0 aliphatic carbocycles. The van der Waals surface area contributed by atoms with E-state index >= 15 is 0 Å². The molecule has 1 heterocycles. The Labute approximate surface area is 246 Å². The van der Waals surface area contributed by atoms with E-state index in [0.717, 1.165) is 12.2 Å². The van der Waals surface area contributed by atoms with Gasteiger partial charge in [0.15, 0.2) is 0 Å². The third-order valence-corrected chi connectivity index (χ3v) is 10.8. The second-order valence-electron chi connectivity index (χ2n) is 15.5. The maximum absolute atomic E-state index is 6.50. The van der Waals surface area contributed by atoms with Gasteiger partial charge in [0.2, 0.25) is 0 Å². The van der Waals surface area contributed by atoms with Crippen LogP contribution in [0.1, 0.15) is 121 Å². The summed E-state index contributed by atoms with van der Waals surface area (Å²) in [5.74, 6) is 0.914. The zero-order valence-corrected chi connectivity index (χ0v) is 28.1. The van der Waals surface area contributed by atoms with Crippen LogP contribution in [0.5, 0.6) is 5.75 Å². The van der Waals surface area contributed by atoms with Crippen LogP contribution in [-0.4, -0.2) is 21.6 Å². The second kappa shape index (κ2) is 10.8. The van der Waals surface area contributed by atoms with Crippen molar-refractivity contribution in [3.63, 3.8) is 0 Å². The largest absolute Gasteiger partial charge is 0.484 e. The van der Waals surface area contributed by atoms with Crippen LogP contribution in [0.4, 0.5) is 0 Å². The van der Waals surface area contributed by atoms with Crippen LogP contribution >= 0.6 is 0 Å². The quantitative estimate of drug-likeness (QED) is 0.307. The molecule has 0 N–H and O–H groups in total. The van der Waals surface area contributed by atoms with Gasteiger partial charge in [-0.15, -0.1) is 0 Å². The van der Waals surface area contributed by atoms with Gasteiger partial charge in [-0.3, -0.25) is 4.90 Å². The summed E-state index contributed by atoms with van der Waals surface area (Å²) in [5, 5.41) is 0. The highest BCUT2D eigenvalue weighted by atomic mass is 16.5. The molecule has 1 fully saturated rings. The van der Waals surface area contributed by atoms with E-state index in [0.29, 0.717) is 0 Å². The molecule has 1 aliphatic rings. The Bertz CT molecular complexity index is 1220. The summed E-state index contributed by atoms with van der Waals surface area (Å²) in [5.41, 5.74) is 4.71. The minimum absolute atomic E-state index is 0.0426. The first-order valence-electron chi connectivity index (χ1n) is 15.2. The fourth-order valence-electron chi connectivity index (χ4n) is 7.44. The summed E-state index contributed by atoms with van der Waals surface area (Å²) in [6.07, 6.45) is 6.84. The summed E-state index contributed by atoms with van der Waals surface area (Å²) in [7, 11) is 0. The molecular weight excluding hydrogens is 486 g/mol. The van der Waals surface area contributed by atoms with Crippen molar-refractivity contribution in [1.82, 2.24) is 4.90 Å². The van der Waals surface area contributed by atoms with Gasteiger partial charge in [0.1, 0.15) is 11.4 Å². The molecule has 40 heavy (non-hydrogen) atoms. The van der Waals surface area contributed by atoms with E-state index in [1.165, 1.54) is 28.7 Å². The van der Waals surface area contributed by atoms with Crippen LogP contribution in [0.25, 0.3) is 6.08 Å². The van der Waals surface area contributed by atoms with Crippen LogP contribution in [0.2, 0.25) is 0 Å². The lowest BCUT2D eigenvalue weighted by atomic mass is 9.51. The molecule has 220 valence electrons. The smallest absolute Gasteiger partial charge is 0.124 e. The number of allylic oxidation sites excluding steroid dienone is 1. The number of benzene rings is 2. The van der Waals surface area contributed by atoms with Gasteiger partial charge in [0, 0.05) is 16.6 Å². The number of nitrogens with zero attached hydrogens (tertiary/aromatic N) is 1. The molecule has 0 saturated carbocycles. The Morgan fingerprint density at radius 1 is 0.800 bits per heavy atom. The van der Waals surface area contributed by atoms with E-state index < -0.39 is 0 Å². The predicted molar refractivity (Wildman–Crippen MR) is 175 cm³/mol. The second-order valence-corrected chi connectivity index (χ2v) is 15.5. The lowest BCUT2D eigenvalue weighted by Crippen LogP contribution is -2.76. The number of hydrogen-bond acceptors (Lipinski definition) is 2. The Hall–Kier alpha value is -2.32. The van der Waals surface area contributed by atoms with Gasteiger partial charge in [-0.05, 0) is 122 Å². The molecule has 2 heteroatoms. The zero-order chi connectivity index (χ0) is 30.4. The molecule has 1 aliphatic heterocycles. The molecule has 0 spiro atoms. The van der Waals surface area contributed by atoms with E-state index in [2.05, 4.69) is 169 Å². The molecule has 2 nitrogen and oxygen atoms in total. The molecule has 1 unspecified atom stereocenters. The van der Waals surface area contributed by atoms with Crippen molar-refractivity contribution in [1.29, 1.82) is 0 Å². The van der Waals surface area contributed by atoms with E-state index in [1.807, 2.05) is 0 Å². The Morgan fingerprint density at radius 3 is 1.88 bits per heavy atom. The highest BCUT2D eigenvalue weighted by Gasteiger charge is 2.63. The van der Waals surface area contributed by atoms with Gasteiger partial charge < -0.3 is 4.74 Å². The monoisotopic (exact) mass is 543 g/mol. The molecule has 0 bridgehead atoms. The average Bonchev–Trinajstić information content (AvgIpc) is 2.82. The fourth-order valence-corrected chi connectivity index (χ4v) is 7.44. The van der Waals surface area contributed by atoms with Crippen molar-refractivity contribution < 1.29 is 4.74 Å². The first-order valence-corrected chi connectivity index (χ1v) is 15.2. The fraction of sp³-hybridized carbons (Fsp3) is 0.579. The van der Waals surface area contributed by atoms with Gasteiger partial charge in [-0.25, -0.2) is 0 Å². The third kappa shape index (κ3) is 5.85. The number of rotatable bonds is 8. The summed E-state index contributed by atoms with van der Waals surface area (Å²) < 4.78 is 6.50. The average molecular weight is 544 g/mol. The van der Waals surface area contributed by atoms with Crippen molar-refractivity contribution in [2.75, 3.05) is 0 Å². The topological polar surface area (TPSA) is 12.5 Å². The third-order valence-electron chi connectivity index (χ3n) is 10.8. The van der Waals surface area contributed by atoms with Crippen LogP contribution in [0.15, 0.2) is 71.8 Å². The molecular formula is C38H57NO. The molecule has 0 aromatic heterocycles. The molecule has 0 amide bonds.